The van der Waals surface area contributed by atoms with Crippen molar-refractivity contribution in [1.29, 1.82) is 0 Å². The van der Waals surface area contributed by atoms with Crippen LogP contribution in [0.25, 0.3) is 10.2 Å². The molecule has 2 aromatic rings. The van der Waals surface area contributed by atoms with Crippen LogP contribution >= 0.6 is 11.3 Å². The maximum absolute atomic E-state index is 12.1. The quantitative estimate of drug-likeness (QED) is 0.758. The number of aryl methyl sites for hydroxylation is 1. The van der Waals surface area contributed by atoms with Crippen LogP contribution in [-0.2, 0) is 18.3 Å². The van der Waals surface area contributed by atoms with Crippen molar-refractivity contribution < 1.29 is 4.74 Å². The molecule has 0 aromatic carbocycles. The molecule has 0 aliphatic heterocycles. The number of thiophene rings is 1. The van der Waals surface area contributed by atoms with E-state index in [9.17, 15) is 9.59 Å². The second-order valence-corrected chi connectivity index (χ2v) is 4.55. The van der Waals surface area contributed by atoms with E-state index in [-0.39, 0.29) is 11.2 Å². The van der Waals surface area contributed by atoms with Gasteiger partial charge in [-0.3, -0.25) is 13.9 Å². The van der Waals surface area contributed by atoms with Crippen LogP contribution < -0.4 is 11.2 Å². The van der Waals surface area contributed by atoms with E-state index in [0.29, 0.717) is 30.0 Å². The predicted octanol–water partition coefficient (Wildman–Crippen LogP) is 0.798. The Labute approximate surface area is 102 Å². The number of hydrogen-bond acceptors (Lipinski definition) is 4. The number of ether oxygens (including phenoxy) is 1. The van der Waals surface area contributed by atoms with Crippen molar-refractivity contribution in [3.05, 3.63) is 32.3 Å². The summed E-state index contributed by atoms with van der Waals surface area (Å²) in [7, 11) is 1.67. The molecule has 0 N–H and O–H groups in total. The summed E-state index contributed by atoms with van der Waals surface area (Å²) < 4.78 is 8.52. The second kappa shape index (κ2) is 4.85. The molecule has 92 valence electrons. The molecule has 17 heavy (non-hydrogen) atoms. The Kier molecular flexibility index (Phi) is 3.44. The normalized spacial score (nSPS) is 11.2. The molecule has 0 saturated carbocycles. The summed E-state index contributed by atoms with van der Waals surface area (Å²) in [4.78, 5) is 24.0. The van der Waals surface area contributed by atoms with Crippen molar-refractivity contribution in [2.24, 2.45) is 7.05 Å². The third-order valence-electron chi connectivity index (χ3n) is 2.63. The van der Waals surface area contributed by atoms with Crippen molar-refractivity contribution >= 4 is 21.6 Å². The molecule has 0 fully saturated rings. The van der Waals surface area contributed by atoms with Gasteiger partial charge in [0.15, 0.2) is 0 Å². The summed E-state index contributed by atoms with van der Waals surface area (Å²) in [5, 5.41) is 1.82. The monoisotopic (exact) mass is 254 g/mol. The van der Waals surface area contributed by atoms with Gasteiger partial charge in [0.25, 0.3) is 5.56 Å². The van der Waals surface area contributed by atoms with Crippen LogP contribution in [0.2, 0.25) is 0 Å². The highest BCUT2D eigenvalue weighted by Crippen LogP contribution is 2.13. The van der Waals surface area contributed by atoms with Gasteiger partial charge in [-0.15, -0.1) is 11.3 Å². The van der Waals surface area contributed by atoms with Gasteiger partial charge >= 0.3 is 5.69 Å². The highest BCUT2D eigenvalue weighted by atomic mass is 32.1. The molecular weight excluding hydrogens is 240 g/mol. The average molecular weight is 254 g/mol. The largest absolute Gasteiger partial charge is 0.380 e. The van der Waals surface area contributed by atoms with Gasteiger partial charge < -0.3 is 4.74 Å². The third-order valence-corrected chi connectivity index (χ3v) is 3.52. The van der Waals surface area contributed by atoms with Gasteiger partial charge in [-0.25, -0.2) is 4.79 Å². The van der Waals surface area contributed by atoms with Crippen LogP contribution in [0.15, 0.2) is 21.0 Å². The van der Waals surface area contributed by atoms with Crippen molar-refractivity contribution in [2.75, 3.05) is 13.2 Å². The lowest BCUT2D eigenvalue weighted by molar-refractivity contribution is 0.137. The molecular formula is C11H14N2O3S. The first kappa shape index (κ1) is 12.1. The standard InChI is InChI=1S/C11H14N2O3S/c1-3-16-6-5-13-10(14)9-8(4-7-17-9)12(2)11(13)15/h4,7H,3,5-6H2,1-2H3. The molecule has 0 atom stereocenters. The average Bonchev–Trinajstić information content (AvgIpc) is 2.80. The van der Waals surface area contributed by atoms with E-state index in [4.69, 9.17) is 4.74 Å². The Morgan fingerprint density at radius 3 is 2.88 bits per heavy atom. The Hall–Kier alpha value is -1.40. The molecule has 0 bridgehead atoms. The summed E-state index contributed by atoms with van der Waals surface area (Å²) in [5.74, 6) is 0. The zero-order valence-corrected chi connectivity index (χ0v) is 10.6. The van der Waals surface area contributed by atoms with Crippen molar-refractivity contribution in [1.82, 2.24) is 9.13 Å². The van der Waals surface area contributed by atoms with E-state index in [1.807, 2.05) is 12.3 Å². The van der Waals surface area contributed by atoms with Gasteiger partial charge in [0, 0.05) is 13.7 Å². The van der Waals surface area contributed by atoms with Crippen LogP contribution in [0.3, 0.4) is 0 Å². The predicted molar refractivity (Wildman–Crippen MR) is 67.8 cm³/mol. The van der Waals surface area contributed by atoms with E-state index in [1.165, 1.54) is 20.5 Å². The molecule has 0 aliphatic rings. The highest BCUT2D eigenvalue weighted by Gasteiger charge is 2.11. The molecule has 0 aliphatic carbocycles. The van der Waals surface area contributed by atoms with Crippen molar-refractivity contribution in [3.63, 3.8) is 0 Å². The summed E-state index contributed by atoms with van der Waals surface area (Å²) in [6, 6.07) is 1.79. The van der Waals surface area contributed by atoms with Gasteiger partial charge in [0.05, 0.1) is 18.7 Å². The molecule has 2 rings (SSSR count). The molecule has 6 heteroatoms. The van der Waals surface area contributed by atoms with Crippen LogP contribution in [0.1, 0.15) is 6.92 Å². The Morgan fingerprint density at radius 2 is 2.18 bits per heavy atom. The van der Waals surface area contributed by atoms with Crippen LogP contribution in [0.4, 0.5) is 0 Å². The van der Waals surface area contributed by atoms with Gasteiger partial charge in [0.1, 0.15) is 4.70 Å². The minimum atomic E-state index is -0.291. The summed E-state index contributed by atoms with van der Waals surface area (Å²) >= 11 is 1.36. The first-order valence-corrected chi connectivity index (χ1v) is 6.29. The Balaban J connectivity index is 2.55. The van der Waals surface area contributed by atoms with Gasteiger partial charge in [0.2, 0.25) is 0 Å². The molecule has 5 nitrogen and oxygen atoms in total. The molecule has 2 aromatic heterocycles. The number of fused-ring (bicyclic) bond motifs is 1. The molecule has 0 spiro atoms. The third kappa shape index (κ3) is 2.05. The fourth-order valence-corrected chi connectivity index (χ4v) is 2.59. The van der Waals surface area contributed by atoms with E-state index < -0.39 is 0 Å². The SMILES string of the molecule is CCOCCn1c(=O)c2sccc2n(C)c1=O. The highest BCUT2D eigenvalue weighted by molar-refractivity contribution is 7.17. The lowest BCUT2D eigenvalue weighted by Gasteiger charge is -2.08. The first-order valence-electron chi connectivity index (χ1n) is 5.41. The van der Waals surface area contributed by atoms with Crippen molar-refractivity contribution in [2.45, 2.75) is 13.5 Å². The van der Waals surface area contributed by atoms with Crippen LogP contribution in [0.5, 0.6) is 0 Å². The van der Waals surface area contributed by atoms with E-state index in [2.05, 4.69) is 0 Å². The fourth-order valence-electron chi connectivity index (χ4n) is 1.72. The number of nitrogens with zero attached hydrogens (tertiary/aromatic N) is 2. The number of aromatic nitrogens is 2. The molecule has 0 unspecified atom stereocenters. The summed E-state index contributed by atoms with van der Waals surface area (Å²) in [6.07, 6.45) is 0. The lowest BCUT2D eigenvalue weighted by atomic mass is 10.4. The van der Waals surface area contributed by atoms with Gasteiger partial charge in [-0.05, 0) is 18.4 Å². The first-order chi connectivity index (χ1) is 8.16. The molecule has 0 radical (unpaired) electrons. The van der Waals surface area contributed by atoms with E-state index >= 15 is 0 Å². The van der Waals surface area contributed by atoms with Crippen LogP contribution in [-0.4, -0.2) is 22.3 Å². The smallest absolute Gasteiger partial charge is 0.331 e. The second-order valence-electron chi connectivity index (χ2n) is 3.63. The Bertz CT molecular complexity index is 638. The van der Waals surface area contributed by atoms with Crippen molar-refractivity contribution in [3.8, 4) is 0 Å². The Morgan fingerprint density at radius 1 is 1.41 bits per heavy atom. The maximum Gasteiger partial charge on any atom is 0.331 e. The maximum atomic E-state index is 12.1. The molecule has 0 saturated heterocycles. The van der Waals surface area contributed by atoms with Gasteiger partial charge in [-0.1, -0.05) is 0 Å². The zero-order chi connectivity index (χ0) is 12.4. The minimum Gasteiger partial charge on any atom is -0.380 e. The zero-order valence-electron chi connectivity index (χ0n) is 9.80. The van der Waals surface area contributed by atoms with Crippen LogP contribution in [0, 0.1) is 0 Å². The minimum absolute atomic E-state index is 0.224. The topological polar surface area (TPSA) is 53.2 Å². The van der Waals surface area contributed by atoms with E-state index in [1.54, 1.807) is 13.1 Å². The summed E-state index contributed by atoms with van der Waals surface area (Å²) in [5.41, 5.74) is 0.177. The molecule has 0 amide bonds. The number of hydrogen-bond donors (Lipinski definition) is 0. The fraction of sp³-hybridized carbons (Fsp3) is 0.455. The van der Waals surface area contributed by atoms with Gasteiger partial charge in [-0.2, -0.15) is 0 Å². The molecule has 2 heterocycles. The van der Waals surface area contributed by atoms with E-state index in [0.717, 1.165) is 0 Å². The number of rotatable bonds is 4. The lowest BCUT2D eigenvalue weighted by Crippen LogP contribution is -2.39. The summed E-state index contributed by atoms with van der Waals surface area (Å²) in [6.45, 7) is 3.13.